The molecule has 0 saturated carbocycles. The van der Waals surface area contributed by atoms with Crippen LogP contribution >= 0.6 is 0 Å². The molecule has 55 heavy (non-hydrogen) atoms. The molecule has 0 spiro atoms. The van der Waals surface area contributed by atoms with Crippen LogP contribution in [-0.4, -0.2) is 0 Å². The highest BCUT2D eigenvalue weighted by atomic mass is 15.1. The molecule has 0 saturated heterocycles. The van der Waals surface area contributed by atoms with Crippen molar-refractivity contribution in [3.05, 3.63) is 229 Å². The molecule has 0 atom stereocenters. The summed E-state index contributed by atoms with van der Waals surface area (Å²) in [6, 6.07) is 73.9. The third-order valence-corrected chi connectivity index (χ3v) is 10.8. The molecule has 0 N–H and O–H groups in total. The van der Waals surface area contributed by atoms with E-state index in [0.717, 1.165) is 34.1 Å². The summed E-state index contributed by atoms with van der Waals surface area (Å²) in [7, 11) is 0. The maximum atomic E-state index is 2.39. The van der Waals surface area contributed by atoms with Gasteiger partial charge in [-0.15, -0.1) is 0 Å². The lowest BCUT2D eigenvalue weighted by Gasteiger charge is -2.28. The monoisotopic (exact) mass is 706 g/mol. The van der Waals surface area contributed by atoms with Crippen molar-refractivity contribution in [1.29, 1.82) is 0 Å². The van der Waals surface area contributed by atoms with E-state index >= 15 is 0 Å². The quantitative estimate of drug-likeness (QED) is 0.138. The first-order valence-corrected chi connectivity index (χ1v) is 19.0. The average molecular weight is 707 g/mol. The van der Waals surface area contributed by atoms with Gasteiger partial charge in [-0.2, -0.15) is 0 Å². The predicted molar refractivity (Wildman–Crippen MR) is 234 cm³/mol. The number of anilines is 6. The smallest absolute Gasteiger partial charge is 0.0465 e. The summed E-state index contributed by atoms with van der Waals surface area (Å²) < 4.78 is 0. The molecule has 0 bridgehead atoms. The zero-order valence-corrected chi connectivity index (χ0v) is 31.2. The maximum Gasteiger partial charge on any atom is 0.0465 e. The van der Waals surface area contributed by atoms with Crippen LogP contribution in [0.3, 0.4) is 0 Å². The SMILES string of the molecule is CC1(C)c2cc(/C=C/c3ccc(-c4ccc(N(c5ccccc5)c5ccccc5)cc4)cc3)ccc2-c2ccc(N(c3ccccc3)c3ccccc3)cc21. The Morgan fingerprint density at radius 2 is 0.673 bits per heavy atom. The predicted octanol–water partition coefficient (Wildman–Crippen LogP) is 14.8. The van der Waals surface area contributed by atoms with Crippen LogP contribution in [0, 0.1) is 0 Å². The van der Waals surface area contributed by atoms with Crippen LogP contribution in [0.25, 0.3) is 34.4 Å². The van der Waals surface area contributed by atoms with Crippen molar-refractivity contribution in [3.63, 3.8) is 0 Å². The summed E-state index contributed by atoms with van der Waals surface area (Å²) in [5.74, 6) is 0. The average Bonchev–Trinajstić information content (AvgIpc) is 3.47. The Morgan fingerprint density at radius 3 is 1.16 bits per heavy atom. The van der Waals surface area contributed by atoms with Crippen LogP contribution in [0.2, 0.25) is 0 Å². The largest absolute Gasteiger partial charge is 0.311 e. The first-order chi connectivity index (χ1) is 27.0. The van der Waals surface area contributed by atoms with Crippen molar-refractivity contribution in [2.24, 2.45) is 0 Å². The zero-order valence-electron chi connectivity index (χ0n) is 31.2. The molecule has 0 amide bonds. The molecule has 2 nitrogen and oxygen atoms in total. The zero-order chi connectivity index (χ0) is 37.2. The van der Waals surface area contributed by atoms with E-state index in [0.29, 0.717) is 0 Å². The Hall–Kier alpha value is -6.90. The van der Waals surface area contributed by atoms with Crippen LogP contribution in [0.15, 0.2) is 206 Å². The molecular weight excluding hydrogens is 665 g/mol. The minimum absolute atomic E-state index is 0.139. The second-order valence-corrected chi connectivity index (χ2v) is 14.7. The van der Waals surface area contributed by atoms with Crippen molar-refractivity contribution in [2.45, 2.75) is 19.3 Å². The lowest BCUT2D eigenvalue weighted by atomic mass is 9.81. The van der Waals surface area contributed by atoms with Gasteiger partial charge in [-0.3, -0.25) is 0 Å². The Morgan fingerprint density at radius 1 is 0.327 bits per heavy atom. The molecule has 0 unspecified atom stereocenters. The molecule has 0 radical (unpaired) electrons. The molecular formula is C53H42N2. The van der Waals surface area contributed by atoms with E-state index < -0.39 is 0 Å². The van der Waals surface area contributed by atoms with E-state index in [9.17, 15) is 0 Å². The summed E-state index contributed by atoms with van der Waals surface area (Å²) in [5, 5.41) is 0. The van der Waals surface area contributed by atoms with E-state index in [2.05, 4.69) is 242 Å². The lowest BCUT2D eigenvalue weighted by molar-refractivity contribution is 0.660. The summed E-state index contributed by atoms with van der Waals surface area (Å²) in [4.78, 5) is 4.64. The van der Waals surface area contributed by atoms with Gasteiger partial charge in [0.1, 0.15) is 0 Å². The Kier molecular flexibility index (Phi) is 8.94. The summed E-state index contributed by atoms with van der Waals surface area (Å²) >= 11 is 0. The van der Waals surface area contributed by atoms with Gasteiger partial charge < -0.3 is 9.80 Å². The molecule has 0 aromatic heterocycles. The van der Waals surface area contributed by atoms with Gasteiger partial charge in [-0.05, 0) is 117 Å². The summed E-state index contributed by atoms with van der Waals surface area (Å²) in [6.07, 6.45) is 4.46. The molecule has 2 heteroatoms. The lowest BCUT2D eigenvalue weighted by Crippen LogP contribution is -2.16. The van der Waals surface area contributed by atoms with Gasteiger partial charge in [0.05, 0.1) is 0 Å². The van der Waals surface area contributed by atoms with Crippen molar-refractivity contribution in [3.8, 4) is 22.3 Å². The second-order valence-electron chi connectivity index (χ2n) is 14.7. The standard InChI is InChI=1S/C53H42N2/c1-53(2)51-37-40(27-35-49(51)50-36-34-48(38-52(50)53)55(45-19-11-5-12-20-45)46-21-13-6-14-22-46)24-23-39-25-28-41(29-26-39)42-30-32-47(33-31-42)54(43-15-7-3-8-16-43)44-17-9-4-10-18-44/h3-38H,1-2H3/b24-23+. The molecule has 8 aromatic carbocycles. The molecule has 8 aromatic rings. The number of nitrogens with zero attached hydrogens (tertiary/aromatic N) is 2. The van der Waals surface area contributed by atoms with Crippen molar-refractivity contribution in [1.82, 2.24) is 0 Å². The number of fused-ring (bicyclic) bond motifs is 3. The molecule has 264 valence electrons. The van der Waals surface area contributed by atoms with E-state index in [4.69, 9.17) is 0 Å². The topological polar surface area (TPSA) is 6.48 Å². The Labute approximate surface area is 324 Å². The first-order valence-electron chi connectivity index (χ1n) is 19.0. The summed E-state index contributed by atoms with van der Waals surface area (Å²) in [5.41, 5.74) is 16.9. The molecule has 0 fully saturated rings. The molecule has 9 rings (SSSR count). The van der Waals surface area contributed by atoms with Crippen LogP contribution in [0.5, 0.6) is 0 Å². The van der Waals surface area contributed by atoms with Crippen LogP contribution in [0.1, 0.15) is 36.1 Å². The van der Waals surface area contributed by atoms with Gasteiger partial charge in [0.2, 0.25) is 0 Å². The normalized spacial score (nSPS) is 12.6. The van der Waals surface area contributed by atoms with Crippen molar-refractivity contribution < 1.29 is 0 Å². The fourth-order valence-electron chi connectivity index (χ4n) is 7.97. The molecule has 1 aliphatic rings. The third kappa shape index (κ3) is 6.64. The molecule has 0 aliphatic heterocycles. The third-order valence-electron chi connectivity index (χ3n) is 10.8. The first kappa shape index (κ1) is 33.9. The second kappa shape index (κ2) is 14.5. The molecule has 1 aliphatic carbocycles. The Bertz CT molecular complexity index is 2500. The number of para-hydroxylation sites is 4. The van der Waals surface area contributed by atoms with Gasteiger partial charge in [0.15, 0.2) is 0 Å². The minimum atomic E-state index is -0.139. The molecule has 0 heterocycles. The number of benzene rings is 8. The van der Waals surface area contributed by atoms with Crippen LogP contribution in [0.4, 0.5) is 34.1 Å². The van der Waals surface area contributed by atoms with Crippen LogP contribution < -0.4 is 9.80 Å². The Balaban J connectivity index is 0.940. The van der Waals surface area contributed by atoms with E-state index in [-0.39, 0.29) is 5.41 Å². The van der Waals surface area contributed by atoms with E-state index in [1.54, 1.807) is 0 Å². The highest BCUT2D eigenvalue weighted by molar-refractivity contribution is 5.87. The highest BCUT2D eigenvalue weighted by Gasteiger charge is 2.36. The van der Waals surface area contributed by atoms with E-state index in [1.165, 1.54) is 44.5 Å². The maximum absolute atomic E-state index is 2.39. The fraction of sp³-hybridized carbons (Fsp3) is 0.0566. The van der Waals surface area contributed by atoms with E-state index in [1.807, 2.05) is 0 Å². The number of hydrogen-bond acceptors (Lipinski definition) is 2. The van der Waals surface area contributed by atoms with Gasteiger partial charge >= 0.3 is 0 Å². The van der Waals surface area contributed by atoms with Gasteiger partial charge in [-0.1, -0.05) is 159 Å². The fourth-order valence-corrected chi connectivity index (χ4v) is 7.97. The van der Waals surface area contributed by atoms with Crippen molar-refractivity contribution in [2.75, 3.05) is 9.80 Å². The van der Waals surface area contributed by atoms with Gasteiger partial charge in [0, 0.05) is 39.5 Å². The van der Waals surface area contributed by atoms with Gasteiger partial charge in [-0.25, -0.2) is 0 Å². The number of rotatable bonds is 9. The summed E-state index contributed by atoms with van der Waals surface area (Å²) in [6.45, 7) is 4.72. The van der Waals surface area contributed by atoms with Crippen LogP contribution in [-0.2, 0) is 5.41 Å². The van der Waals surface area contributed by atoms with Gasteiger partial charge in [0.25, 0.3) is 0 Å². The minimum Gasteiger partial charge on any atom is -0.311 e. The van der Waals surface area contributed by atoms with Crippen molar-refractivity contribution >= 4 is 46.3 Å². The number of hydrogen-bond donors (Lipinski definition) is 0. The highest BCUT2D eigenvalue weighted by Crippen LogP contribution is 2.51.